The molecule has 1 atom stereocenters. The highest BCUT2D eigenvalue weighted by Crippen LogP contribution is 2.07. The van der Waals surface area contributed by atoms with Gasteiger partial charge in [0.05, 0.1) is 11.6 Å². The molecule has 9 heteroatoms. The molecular formula is C12H17N3O5S. The van der Waals surface area contributed by atoms with Crippen LogP contribution in [0, 0.1) is 0 Å². The van der Waals surface area contributed by atoms with Gasteiger partial charge in [0, 0.05) is 12.7 Å². The van der Waals surface area contributed by atoms with Crippen molar-refractivity contribution in [3.05, 3.63) is 23.9 Å². The number of pyridine rings is 1. The Bertz CT molecular complexity index is 612. The average molecular weight is 315 g/mol. The van der Waals surface area contributed by atoms with Crippen LogP contribution in [0.3, 0.4) is 0 Å². The lowest BCUT2D eigenvalue weighted by Crippen LogP contribution is -2.45. The van der Waals surface area contributed by atoms with E-state index in [4.69, 9.17) is 5.11 Å². The highest BCUT2D eigenvalue weighted by molar-refractivity contribution is 7.89. The third kappa shape index (κ3) is 4.80. The number of aromatic carboxylic acids is 1. The van der Waals surface area contributed by atoms with Gasteiger partial charge in [-0.2, -0.15) is 4.72 Å². The van der Waals surface area contributed by atoms with E-state index < -0.39 is 27.9 Å². The van der Waals surface area contributed by atoms with E-state index in [9.17, 15) is 18.0 Å². The van der Waals surface area contributed by atoms with Crippen molar-refractivity contribution in [2.24, 2.45) is 0 Å². The molecule has 116 valence electrons. The topological polar surface area (TPSA) is 125 Å². The number of nitrogens with one attached hydrogen (secondary N) is 2. The standard InChI is InChI=1S/C12H17N3O5S/c1-3-6-13-11(16)8(2)15-21(19,20)10-5-4-9(7-14-10)12(17)18/h4-5,7-8,15H,3,6H2,1-2H3,(H,13,16)(H,17,18). The number of carboxylic acids is 1. The summed E-state index contributed by atoms with van der Waals surface area (Å²) in [6.07, 6.45) is 1.68. The summed E-state index contributed by atoms with van der Waals surface area (Å²) in [6.45, 7) is 3.74. The summed E-state index contributed by atoms with van der Waals surface area (Å²) in [4.78, 5) is 25.9. The maximum atomic E-state index is 12.0. The van der Waals surface area contributed by atoms with E-state index >= 15 is 0 Å². The fourth-order valence-corrected chi connectivity index (χ4v) is 2.55. The van der Waals surface area contributed by atoms with Gasteiger partial charge in [-0.1, -0.05) is 6.92 Å². The van der Waals surface area contributed by atoms with Crippen LogP contribution in [0.1, 0.15) is 30.6 Å². The third-order valence-corrected chi connectivity index (χ3v) is 3.99. The van der Waals surface area contributed by atoms with Gasteiger partial charge in [-0.15, -0.1) is 0 Å². The minimum absolute atomic E-state index is 0.123. The molecule has 0 spiro atoms. The van der Waals surface area contributed by atoms with Crippen LogP contribution in [0.2, 0.25) is 0 Å². The van der Waals surface area contributed by atoms with Crippen molar-refractivity contribution in [3.8, 4) is 0 Å². The molecule has 1 amide bonds. The molecule has 0 radical (unpaired) electrons. The SMILES string of the molecule is CCCNC(=O)C(C)NS(=O)(=O)c1ccc(C(=O)O)cn1. The Morgan fingerprint density at radius 2 is 2.05 bits per heavy atom. The van der Waals surface area contributed by atoms with Crippen molar-refractivity contribution in [2.45, 2.75) is 31.3 Å². The molecule has 3 N–H and O–H groups in total. The molecule has 0 aliphatic heterocycles. The van der Waals surface area contributed by atoms with E-state index in [-0.39, 0.29) is 10.6 Å². The van der Waals surface area contributed by atoms with Crippen molar-refractivity contribution >= 4 is 21.9 Å². The molecule has 0 aliphatic rings. The van der Waals surface area contributed by atoms with Gasteiger partial charge in [-0.25, -0.2) is 18.2 Å². The smallest absolute Gasteiger partial charge is 0.337 e. The van der Waals surface area contributed by atoms with E-state index in [0.29, 0.717) is 6.54 Å². The molecule has 1 rings (SSSR count). The number of carboxylic acid groups (broad SMARTS) is 1. The van der Waals surface area contributed by atoms with Gasteiger partial charge in [0.1, 0.15) is 0 Å². The molecule has 0 fully saturated rings. The highest BCUT2D eigenvalue weighted by atomic mass is 32.2. The number of hydrogen-bond donors (Lipinski definition) is 3. The van der Waals surface area contributed by atoms with Crippen molar-refractivity contribution < 1.29 is 23.1 Å². The molecule has 1 aromatic heterocycles. The van der Waals surface area contributed by atoms with E-state index in [2.05, 4.69) is 15.0 Å². The molecule has 0 aromatic carbocycles. The minimum atomic E-state index is -3.99. The van der Waals surface area contributed by atoms with Gasteiger partial charge < -0.3 is 10.4 Å². The first kappa shape index (κ1) is 17.1. The van der Waals surface area contributed by atoms with Crippen LogP contribution >= 0.6 is 0 Å². The number of nitrogens with zero attached hydrogens (tertiary/aromatic N) is 1. The lowest BCUT2D eigenvalue weighted by atomic mass is 10.3. The number of amides is 1. The Kier molecular flexibility index (Phi) is 5.79. The summed E-state index contributed by atoms with van der Waals surface area (Å²) >= 11 is 0. The minimum Gasteiger partial charge on any atom is -0.478 e. The Balaban J connectivity index is 2.81. The van der Waals surface area contributed by atoms with E-state index in [1.54, 1.807) is 0 Å². The van der Waals surface area contributed by atoms with Crippen LogP contribution in [0.25, 0.3) is 0 Å². The number of sulfonamides is 1. The average Bonchev–Trinajstić information content (AvgIpc) is 2.44. The van der Waals surface area contributed by atoms with Crippen LogP contribution in [0.15, 0.2) is 23.4 Å². The zero-order valence-electron chi connectivity index (χ0n) is 11.7. The van der Waals surface area contributed by atoms with Crippen LogP contribution in [-0.4, -0.2) is 43.0 Å². The lowest BCUT2D eigenvalue weighted by Gasteiger charge is -2.13. The van der Waals surface area contributed by atoms with Crippen molar-refractivity contribution in [3.63, 3.8) is 0 Å². The second-order valence-electron chi connectivity index (χ2n) is 4.32. The molecule has 1 aromatic rings. The molecule has 21 heavy (non-hydrogen) atoms. The summed E-state index contributed by atoms with van der Waals surface area (Å²) in [5, 5.41) is 10.9. The summed E-state index contributed by atoms with van der Waals surface area (Å²) in [5.41, 5.74) is -0.123. The first-order valence-electron chi connectivity index (χ1n) is 6.27. The Labute approximate surface area is 122 Å². The zero-order chi connectivity index (χ0) is 16.0. The molecule has 1 heterocycles. The largest absolute Gasteiger partial charge is 0.478 e. The molecule has 0 aliphatic carbocycles. The quantitative estimate of drug-likeness (QED) is 0.649. The monoisotopic (exact) mass is 315 g/mol. The van der Waals surface area contributed by atoms with Crippen molar-refractivity contribution in [2.75, 3.05) is 6.54 Å². The van der Waals surface area contributed by atoms with E-state index in [1.165, 1.54) is 6.92 Å². The highest BCUT2D eigenvalue weighted by Gasteiger charge is 2.23. The number of carbonyl (C=O) groups excluding carboxylic acids is 1. The molecular weight excluding hydrogens is 298 g/mol. The van der Waals surface area contributed by atoms with Crippen LogP contribution in [-0.2, 0) is 14.8 Å². The molecule has 0 saturated heterocycles. The summed E-state index contributed by atoms with van der Waals surface area (Å²) in [6, 6.07) is 1.25. The van der Waals surface area contributed by atoms with Crippen molar-refractivity contribution in [1.82, 2.24) is 15.0 Å². The van der Waals surface area contributed by atoms with Gasteiger partial charge in [0.2, 0.25) is 5.91 Å². The maximum Gasteiger partial charge on any atom is 0.337 e. The molecule has 8 nitrogen and oxygen atoms in total. The van der Waals surface area contributed by atoms with Gasteiger partial charge in [-0.3, -0.25) is 4.79 Å². The summed E-state index contributed by atoms with van der Waals surface area (Å²) in [7, 11) is -3.99. The summed E-state index contributed by atoms with van der Waals surface area (Å²) in [5.74, 6) is -1.64. The Hall–Kier alpha value is -2.00. The number of hydrogen-bond acceptors (Lipinski definition) is 5. The predicted octanol–water partition coefficient (Wildman–Crippen LogP) is -0.0272. The van der Waals surface area contributed by atoms with Gasteiger partial charge in [0.15, 0.2) is 5.03 Å². The van der Waals surface area contributed by atoms with Crippen molar-refractivity contribution in [1.29, 1.82) is 0 Å². The first-order valence-corrected chi connectivity index (χ1v) is 7.75. The third-order valence-electron chi connectivity index (χ3n) is 2.53. The summed E-state index contributed by atoms with van der Waals surface area (Å²) < 4.78 is 26.2. The number of rotatable bonds is 7. The maximum absolute atomic E-state index is 12.0. The Morgan fingerprint density at radius 3 is 2.52 bits per heavy atom. The lowest BCUT2D eigenvalue weighted by molar-refractivity contribution is -0.122. The molecule has 0 bridgehead atoms. The van der Waals surface area contributed by atoms with Crippen LogP contribution in [0.5, 0.6) is 0 Å². The molecule has 0 saturated carbocycles. The van der Waals surface area contributed by atoms with E-state index in [0.717, 1.165) is 24.8 Å². The second kappa shape index (κ2) is 7.14. The Morgan fingerprint density at radius 1 is 1.38 bits per heavy atom. The van der Waals surface area contributed by atoms with E-state index in [1.807, 2.05) is 6.92 Å². The van der Waals surface area contributed by atoms with Gasteiger partial charge in [-0.05, 0) is 25.5 Å². The number of carbonyl (C=O) groups is 2. The van der Waals surface area contributed by atoms with Gasteiger partial charge in [0.25, 0.3) is 10.0 Å². The fraction of sp³-hybridized carbons (Fsp3) is 0.417. The van der Waals surface area contributed by atoms with Gasteiger partial charge >= 0.3 is 5.97 Å². The second-order valence-corrected chi connectivity index (χ2v) is 5.99. The first-order chi connectivity index (χ1) is 9.77. The van der Waals surface area contributed by atoms with Crippen LogP contribution in [0.4, 0.5) is 0 Å². The number of aromatic nitrogens is 1. The molecule has 1 unspecified atom stereocenters. The normalized spacial score (nSPS) is 12.7. The zero-order valence-corrected chi connectivity index (χ0v) is 12.5. The fourth-order valence-electron chi connectivity index (χ4n) is 1.41. The van der Waals surface area contributed by atoms with Crippen LogP contribution < -0.4 is 10.0 Å². The predicted molar refractivity (Wildman–Crippen MR) is 74.3 cm³/mol.